The highest BCUT2D eigenvalue weighted by atomic mass is 127. The standard InChI is InChI=1S/C13H9BrFIN2O/c14-10-3-1-7(16)5-9(10)13(19)18-8-2-4-11(15)12(17)6-8/h1-6H,17H2,(H,18,19). The van der Waals surface area contributed by atoms with Crippen LogP contribution in [0.1, 0.15) is 10.4 Å². The zero-order chi connectivity index (χ0) is 14.0. The largest absolute Gasteiger partial charge is 0.396 e. The molecule has 3 N–H and O–H groups in total. The van der Waals surface area contributed by atoms with Gasteiger partial charge < -0.3 is 11.1 Å². The van der Waals surface area contributed by atoms with Crippen LogP contribution in [0.25, 0.3) is 0 Å². The van der Waals surface area contributed by atoms with E-state index < -0.39 is 5.82 Å². The molecule has 0 unspecified atom stereocenters. The summed E-state index contributed by atoms with van der Waals surface area (Å²) in [5.41, 5.74) is 6.41. The summed E-state index contributed by atoms with van der Waals surface area (Å²) >= 11 is 5.45. The average Bonchev–Trinajstić information content (AvgIpc) is 2.36. The number of nitrogen functional groups attached to an aromatic ring is 1. The second-order valence-corrected chi connectivity index (χ2v) is 5.91. The van der Waals surface area contributed by atoms with Gasteiger partial charge in [-0.2, -0.15) is 0 Å². The molecular weight excluding hydrogens is 426 g/mol. The van der Waals surface area contributed by atoms with E-state index in [9.17, 15) is 9.18 Å². The number of amides is 1. The van der Waals surface area contributed by atoms with Crippen LogP contribution in [0.2, 0.25) is 0 Å². The second-order valence-electron chi connectivity index (χ2n) is 3.81. The summed E-state index contributed by atoms with van der Waals surface area (Å²) in [6, 6.07) is 9.51. The van der Waals surface area contributed by atoms with Gasteiger partial charge in [-0.15, -0.1) is 0 Å². The molecule has 0 fully saturated rings. The maximum atomic E-state index is 13.0. The molecule has 2 aromatic carbocycles. The number of carbonyl (C=O) groups excluding carboxylic acids is 1. The van der Waals surface area contributed by atoms with E-state index in [0.717, 1.165) is 3.57 Å². The van der Waals surface area contributed by atoms with Gasteiger partial charge in [0.05, 0.1) is 11.3 Å². The number of hydrogen-bond acceptors (Lipinski definition) is 2. The van der Waals surface area contributed by atoms with Gasteiger partial charge in [-0.25, -0.2) is 4.39 Å². The number of carbonyl (C=O) groups is 1. The number of nitrogens with two attached hydrogens (primary N) is 1. The molecule has 2 aromatic rings. The predicted octanol–water partition coefficient (Wildman–Crippen LogP) is 4.03. The normalized spacial score (nSPS) is 10.3. The molecule has 6 heteroatoms. The van der Waals surface area contributed by atoms with E-state index >= 15 is 0 Å². The first kappa shape index (κ1) is 14.3. The van der Waals surface area contributed by atoms with Crippen molar-refractivity contribution in [2.75, 3.05) is 11.1 Å². The summed E-state index contributed by atoms with van der Waals surface area (Å²) in [7, 11) is 0. The maximum absolute atomic E-state index is 13.0. The van der Waals surface area contributed by atoms with E-state index in [1.54, 1.807) is 12.1 Å². The summed E-state index contributed by atoms with van der Waals surface area (Å²) in [6.07, 6.45) is 0. The zero-order valence-corrected chi connectivity index (χ0v) is 13.3. The highest BCUT2D eigenvalue weighted by molar-refractivity contribution is 14.1. The molecule has 19 heavy (non-hydrogen) atoms. The zero-order valence-electron chi connectivity index (χ0n) is 9.58. The first-order valence-corrected chi connectivity index (χ1v) is 7.16. The van der Waals surface area contributed by atoms with Crippen LogP contribution in [-0.2, 0) is 0 Å². The van der Waals surface area contributed by atoms with Gasteiger partial charge in [-0.3, -0.25) is 4.79 Å². The first-order valence-electron chi connectivity index (χ1n) is 5.29. The molecule has 0 saturated heterocycles. The van der Waals surface area contributed by atoms with E-state index in [1.165, 1.54) is 18.2 Å². The van der Waals surface area contributed by atoms with Crippen molar-refractivity contribution in [2.45, 2.75) is 0 Å². The van der Waals surface area contributed by atoms with Crippen LogP contribution in [0.4, 0.5) is 15.8 Å². The minimum atomic E-state index is -0.506. The third-order valence-electron chi connectivity index (χ3n) is 2.43. The number of nitrogens with one attached hydrogen (secondary N) is 1. The Kier molecular flexibility index (Phi) is 4.41. The van der Waals surface area contributed by atoms with Crippen molar-refractivity contribution < 1.29 is 9.18 Å². The van der Waals surface area contributed by atoms with Crippen LogP contribution in [0, 0.1) is 9.39 Å². The molecule has 0 saturated carbocycles. The lowest BCUT2D eigenvalue weighted by Gasteiger charge is -2.08. The summed E-state index contributed by atoms with van der Waals surface area (Å²) in [5.74, 6) is -0.787. The average molecular weight is 435 g/mol. The van der Waals surface area contributed by atoms with Gasteiger partial charge in [0.1, 0.15) is 5.82 Å². The summed E-state index contributed by atoms with van der Waals surface area (Å²) in [4.78, 5) is 12.1. The number of rotatable bonds is 2. The van der Waals surface area contributed by atoms with Gasteiger partial charge in [-0.05, 0) is 74.9 Å². The van der Waals surface area contributed by atoms with Crippen LogP contribution in [0.5, 0.6) is 0 Å². The van der Waals surface area contributed by atoms with Crippen molar-refractivity contribution in [3.8, 4) is 0 Å². The van der Waals surface area contributed by atoms with Crippen LogP contribution in [0.15, 0.2) is 40.9 Å². The third kappa shape index (κ3) is 3.44. The molecule has 0 aliphatic heterocycles. The molecule has 0 aliphatic rings. The van der Waals surface area contributed by atoms with E-state index in [-0.39, 0.29) is 11.6 Å². The van der Waals surface area contributed by atoms with Crippen molar-refractivity contribution >= 4 is 55.8 Å². The van der Waals surface area contributed by atoms with E-state index in [1.807, 2.05) is 6.07 Å². The lowest BCUT2D eigenvalue weighted by molar-refractivity contribution is 0.102. The molecule has 1 amide bonds. The highest BCUT2D eigenvalue weighted by Gasteiger charge is 2.11. The molecule has 0 spiro atoms. The van der Waals surface area contributed by atoms with Crippen molar-refractivity contribution in [1.82, 2.24) is 0 Å². The molecule has 0 bridgehead atoms. The van der Waals surface area contributed by atoms with Crippen molar-refractivity contribution in [1.29, 1.82) is 0 Å². The topological polar surface area (TPSA) is 55.1 Å². The fourth-order valence-corrected chi connectivity index (χ4v) is 2.41. The van der Waals surface area contributed by atoms with Crippen molar-refractivity contribution in [3.63, 3.8) is 0 Å². The number of benzene rings is 2. The van der Waals surface area contributed by atoms with E-state index in [2.05, 4.69) is 43.8 Å². The van der Waals surface area contributed by atoms with Crippen LogP contribution < -0.4 is 11.1 Å². The third-order valence-corrected chi connectivity index (χ3v) is 3.79. The fourth-order valence-electron chi connectivity index (χ4n) is 1.49. The Balaban J connectivity index is 2.25. The number of anilines is 2. The number of halogens is 3. The van der Waals surface area contributed by atoms with Gasteiger partial charge in [0.2, 0.25) is 0 Å². The minimum absolute atomic E-state index is 0.000456. The second kappa shape index (κ2) is 5.87. The Morgan fingerprint density at radius 2 is 2.00 bits per heavy atom. The van der Waals surface area contributed by atoms with E-state index in [0.29, 0.717) is 15.7 Å². The Morgan fingerprint density at radius 3 is 2.68 bits per heavy atom. The van der Waals surface area contributed by atoms with Gasteiger partial charge in [0.25, 0.3) is 5.91 Å². The molecule has 0 heterocycles. The minimum Gasteiger partial charge on any atom is -0.396 e. The lowest BCUT2D eigenvalue weighted by atomic mass is 10.2. The first-order chi connectivity index (χ1) is 8.97. The van der Waals surface area contributed by atoms with Crippen molar-refractivity contribution in [3.05, 3.63) is 55.8 Å². The maximum Gasteiger partial charge on any atom is 0.256 e. The van der Waals surface area contributed by atoms with Gasteiger partial charge in [0, 0.05) is 13.7 Å². The lowest BCUT2D eigenvalue weighted by Crippen LogP contribution is -2.13. The molecule has 0 aliphatic carbocycles. The SMILES string of the molecule is Nc1cc(NC(=O)c2cc(I)ccc2Br)ccc1F. The van der Waals surface area contributed by atoms with Crippen LogP contribution in [-0.4, -0.2) is 5.91 Å². The summed E-state index contributed by atoms with van der Waals surface area (Å²) < 4.78 is 14.7. The molecular formula is C13H9BrFIN2O. The smallest absolute Gasteiger partial charge is 0.256 e. The summed E-state index contributed by atoms with van der Waals surface area (Å²) in [5, 5.41) is 2.68. The number of hydrogen-bond donors (Lipinski definition) is 2. The molecule has 2 rings (SSSR count). The van der Waals surface area contributed by atoms with Gasteiger partial charge in [0.15, 0.2) is 0 Å². The van der Waals surface area contributed by atoms with E-state index in [4.69, 9.17) is 5.73 Å². The van der Waals surface area contributed by atoms with Gasteiger partial charge in [-0.1, -0.05) is 0 Å². The molecule has 3 nitrogen and oxygen atoms in total. The summed E-state index contributed by atoms with van der Waals surface area (Å²) in [6.45, 7) is 0. The molecule has 0 atom stereocenters. The molecule has 0 radical (unpaired) electrons. The Bertz CT molecular complexity index is 649. The van der Waals surface area contributed by atoms with Crippen LogP contribution in [0.3, 0.4) is 0 Å². The molecule has 98 valence electrons. The Morgan fingerprint density at radius 1 is 1.26 bits per heavy atom. The monoisotopic (exact) mass is 434 g/mol. The Labute approximate surface area is 131 Å². The van der Waals surface area contributed by atoms with Crippen LogP contribution >= 0.6 is 38.5 Å². The Hall–Kier alpha value is -1.15. The van der Waals surface area contributed by atoms with Gasteiger partial charge >= 0.3 is 0 Å². The fraction of sp³-hybridized carbons (Fsp3) is 0. The van der Waals surface area contributed by atoms with Crippen molar-refractivity contribution in [2.24, 2.45) is 0 Å². The highest BCUT2D eigenvalue weighted by Crippen LogP contribution is 2.22. The predicted molar refractivity (Wildman–Crippen MR) is 85.6 cm³/mol. The molecule has 0 aromatic heterocycles. The quantitative estimate of drug-likeness (QED) is 0.553.